The molecule has 2 heterocycles. The Bertz CT molecular complexity index is 913. The summed E-state index contributed by atoms with van der Waals surface area (Å²) in [4.78, 5) is 16.0. The van der Waals surface area contributed by atoms with Gasteiger partial charge in [0, 0.05) is 26.1 Å². The molecule has 5 rings (SSSR count). The molecule has 3 nitrogen and oxygen atoms in total. The number of hydrogen-bond donors (Lipinski definition) is 0. The first-order valence-corrected chi connectivity index (χ1v) is 13.1. The molecule has 166 valence electrons. The number of benzene rings is 3. The minimum absolute atomic E-state index is 0. The Hall–Kier alpha value is -2.00. The topological polar surface area (TPSA) is 29.5 Å². The van der Waals surface area contributed by atoms with E-state index in [1.54, 1.807) is 0 Å². The molecule has 1 unspecified atom stereocenters. The summed E-state index contributed by atoms with van der Waals surface area (Å²) in [5, 5.41) is 3.85. The Morgan fingerprint density at radius 2 is 1.28 bits per heavy atom. The third-order valence-electron chi connectivity index (χ3n) is 6.68. The number of hydrogen-bond acceptors (Lipinski definition) is 2. The van der Waals surface area contributed by atoms with Crippen molar-refractivity contribution >= 4 is 29.1 Å². The van der Waals surface area contributed by atoms with Gasteiger partial charge in [-0.3, -0.25) is 4.79 Å². The molecule has 1 amide bonds. The maximum Gasteiger partial charge on any atom is 0.264 e. The average molecular weight is 510 g/mol. The molecule has 2 saturated heterocycles. The van der Waals surface area contributed by atoms with Gasteiger partial charge >= 0.3 is 0 Å². The van der Waals surface area contributed by atoms with Crippen LogP contribution < -0.4 is 32.9 Å². The van der Waals surface area contributed by atoms with Crippen LogP contribution in [0.4, 0.5) is 0 Å². The van der Waals surface area contributed by atoms with Crippen LogP contribution in [0.2, 0.25) is 0 Å². The number of ether oxygens (including phenoxy) is 1. The van der Waals surface area contributed by atoms with Gasteiger partial charge in [0.2, 0.25) is 0 Å². The van der Waals surface area contributed by atoms with Gasteiger partial charge in [-0.2, -0.15) is 0 Å². The molecule has 0 saturated carbocycles. The van der Waals surface area contributed by atoms with E-state index in [0.29, 0.717) is 5.91 Å². The van der Waals surface area contributed by atoms with E-state index in [-0.39, 0.29) is 28.7 Å². The van der Waals surface area contributed by atoms with Crippen LogP contribution in [0.1, 0.15) is 19.3 Å². The van der Waals surface area contributed by atoms with Crippen molar-refractivity contribution in [2.45, 2.75) is 31.0 Å². The third kappa shape index (κ3) is 4.17. The summed E-state index contributed by atoms with van der Waals surface area (Å²) in [5.41, 5.74) is -0.0406. The van der Waals surface area contributed by atoms with Gasteiger partial charge < -0.3 is 26.6 Å². The molecule has 0 bridgehead atoms. The normalized spacial score (nSPS) is 20.9. The Balaban J connectivity index is 0.00000245. The molecule has 0 aromatic heterocycles. The van der Waals surface area contributed by atoms with Gasteiger partial charge in [-0.15, -0.1) is 0 Å². The number of nitrogens with zero attached hydrogens (tertiary/aromatic N) is 1. The molecule has 2 aliphatic rings. The third-order valence-corrected chi connectivity index (χ3v) is 11.4. The summed E-state index contributed by atoms with van der Waals surface area (Å²) < 4.78 is 5.85. The minimum Gasteiger partial charge on any atom is -1.00 e. The van der Waals surface area contributed by atoms with Crippen molar-refractivity contribution in [3.8, 4) is 0 Å². The van der Waals surface area contributed by atoms with Crippen LogP contribution in [-0.2, 0) is 9.53 Å². The second kappa shape index (κ2) is 10.3. The van der Waals surface area contributed by atoms with Crippen molar-refractivity contribution in [2.24, 2.45) is 0 Å². The lowest BCUT2D eigenvalue weighted by molar-refractivity contribution is -0.128. The van der Waals surface area contributed by atoms with Gasteiger partial charge in [0.1, 0.15) is 23.2 Å². The highest BCUT2D eigenvalue weighted by Gasteiger charge is 2.58. The zero-order valence-corrected chi connectivity index (χ0v) is 20.6. The van der Waals surface area contributed by atoms with Crippen LogP contribution >= 0.6 is 7.26 Å². The Labute approximate surface area is 201 Å². The highest BCUT2D eigenvalue weighted by atomic mass is 79.9. The van der Waals surface area contributed by atoms with Crippen LogP contribution in [0.3, 0.4) is 0 Å². The van der Waals surface area contributed by atoms with E-state index in [2.05, 4.69) is 95.9 Å². The Morgan fingerprint density at radius 1 is 0.781 bits per heavy atom. The molecule has 5 heteroatoms. The maximum absolute atomic E-state index is 14.0. The Morgan fingerprint density at radius 3 is 1.72 bits per heavy atom. The largest absolute Gasteiger partial charge is 1.00 e. The first kappa shape index (κ1) is 23.2. The van der Waals surface area contributed by atoms with Crippen molar-refractivity contribution in [3.05, 3.63) is 91.0 Å². The van der Waals surface area contributed by atoms with Crippen LogP contribution in [0.15, 0.2) is 91.0 Å². The minimum atomic E-state index is -2.17. The quantitative estimate of drug-likeness (QED) is 0.459. The molecule has 0 N–H and O–H groups in total. The van der Waals surface area contributed by atoms with Crippen LogP contribution in [0.25, 0.3) is 0 Å². The molecule has 32 heavy (non-hydrogen) atoms. The molecule has 3 aromatic carbocycles. The summed E-state index contributed by atoms with van der Waals surface area (Å²) in [7, 11) is -2.17. The van der Waals surface area contributed by atoms with Gasteiger partial charge in [0.15, 0.2) is 5.66 Å². The van der Waals surface area contributed by atoms with Crippen molar-refractivity contribution in [3.63, 3.8) is 0 Å². The van der Waals surface area contributed by atoms with E-state index in [4.69, 9.17) is 4.74 Å². The van der Waals surface area contributed by atoms with E-state index in [9.17, 15) is 4.79 Å². The van der Waals surface area contributed by atoms with Crippen LogP contribution in [0.5, 0.6) is 0 Å². The number of carbonyl (C=O) groups excluding carboxylic acids is 1. The number of halogens is 1. The summed E-state index contributed by atoms with van der Waals surface area (Å²) >= 11 is 0. The molecule has 2 atom stereocenters. The van der Waals surface area contributed by atoms with E-state index in [1.807, 2.05) is 0 Å². The first-order chi connectivity index (χ1) is 15.3. The lowest BCUT2D eigenvalue weighted by atomic mass is 10.2. The lowest BCUT2D eigenvalue weighted by Gasteiger charge is -2.32. The number of amides is 1. The molecule has 0 spiro atoms. The predicted molar refractivity (Wildman–Crippen MR) is 129 cm³/mol. The number of carbonyl (C=O) groups is 1. The predicted octanol–water partition coefficient (Wildman–Crippen LogP) is 0.764. The molecule has 0 radical (unpaired) electrons. The zero-order valence-electron chi connectivity index (χ0n) is 18.1. The summed E-state index contributed by atoms with van der Waals surface area (Å²) in [6, 6.07) is 32.2. The van der Waals surface area contributed by atoms with Gasteiger partial charge in [-0.25, -0.2) is 0 Å². The first-order valence-electron chi connectivity index (χ1n) is 11.3. The van der Waals surface area contributed by atoms with Gasteiger partial charge in [-0.1, -0.05) is 54.6 Å². The fraction of sp³-hybridized carbons (Fsp3) is 0.296. The summed E-state index contributed by atoms with van der Waals surface area (Å²) in [6.07, 6.45) is 3.24. The van der Waals surface area contributed by atoms with Gasteiger partial charge in [0.25, 0.3) is 5.91 Å². The smallest absolute Gasteiger partial charge is 0.264 e. The summed E-state index contributed by atoms with van der Waals surface area (Å²) in [6.45, 7) is 2.37. The number of rotatable bonds is 6. The zero-order chi connectivity index (χ0) is 21.1. The lowest BCUT2D eigenvalue weighted by Crippen LogP contribution is -3.00. The van der Waals surface area contributed by atoms with Crippen molar-refractivity contribution in [1.29, 1.82) is 0 Å². The molecule has 2 aliphatic heterocycles. The maximum atomic E-state index is 14.0. The highest BCUT2D eigenvalue weighted by Crippen LogP contribution is 2.62. The van der Waals surface area contributed by atoms with Gasteiger partial charge in [-0.05, 0) is 49.2 Å². The van der Waals surface area contributed by atoms with Crippen LogP contribution in [-0.4, -0.2) is 42.3 Å². The van der Waals surface area contributed by atoms with Crippen LogP contribution in [0, 0.1) is 0 Å². The van der Waals surface area contributed by atoms with E-state index in [0.717, 1.165) is 39.0 Å². The fourth-order valence-electron chi connectivity index (χ4n) is 5.27. The standard InChI is InChI=1S/C27H29NO2P.BrH/c29-27-26(18-19-28(27)21-22-11-10-20-30-22)31(23-12-4-1-5-13-23,24-14-6-2-7-15-24)25-16-8-3-9-17-25;/h1-9,12-17,22,26H,10-11,18-21H2;1H/q+1;/p-1/t22?,26-;/m0./s1. The molecule has 3 aromatic rings. The van der Waals surface area contributed by atoms with E-state index >= 15 is 0 Å². The van der Waals surface area contributed by atoms with Crippen molar-refractivity contribution in [2.75, 3.05) is 19.7 Å². The summed E-state index contributed by atoms with van der Waals surface area (Å²) in [5.74, 6) is 0.292. The average Bonchev–Trinajstić information content (AvgIpc) is 3.48. The molecule has 0 aliphatic carbocycles. The van der Waals surface area contributed by atoms with Crippen molar-refractivity contribution < 1.29 is 26.5 Å². The SMILES string of the molecule is O=C1[C@@H]([P+](c2ccccc2)(c2ccccc2)c2ccccc2)CCN1CC1CCCO1.[Br-]. The molecule has 2 fully saturated rings. The second-order valence-electron chi connectivity index (χ2n) is 8.45. The number of likely N-dealkylation sites (tertiary alicyclic amines) is 1. The van der Waals surface area contributed by atoms with E-state index in [1.165, 1.54) is 15.9 Å². The molecular formula is C27H29BrNO2P. The van der Waals surface area contributed by atoms with E-state index < -0.39 is 7.26 Å². The fourth-order valence-corrected chi connectivity index (χ4v) is 10.2. The highest BCUT2D eigenvalue weighted by molar-refractivity contribution is 7.96. The molecular weight excluding hydrogens is 481 g/mol. The Kier molecular flexibility index (Phi) is 7.45. The second-order valence-corrected chi connectivity index (χ2v) is 12.1. The monoisotopic (exact) mass is 509 g/mol. The van der Waals surface area contributed by atoms with Gasteiger partial charge in [0.05, 0.1) is 6.10 Å². The van der Waals surface area contributed by atoms with Crippen molar-refractivity contribution in [1.82, 2.24) is 4.90 Å².